The summed E-state index contributed by atoms with van der Waals surface area (Å²) >= 11 is 0. The number of quaternary nitrogens is 1. The predicted octanol–water partition coefficient (Wildman–Crippen LogP) is 5.77. The van der Waals surface area contributed by atoms with E-state index in [2.05, 4.69) is 22.3 Å². The van der Waals surface area contributed by atoms with Crippen molar-refractivity contribution in [3.05, 3.63) is 59.3 Å². The number of allylic oxidation sites excluding steroid dienone is 1. The van der Waals surface area contributed by atoms with Crippen molar-refractivity contribution >= 4 is 35.6 Å². The van der Waals surface area contributed by atoms with Crippen molar-refractivity contribution in [1.29, 1.82) is 0 Å². The fourth-order valence-corrected chi connectivity index (χ4v) is 4.42. The molecule has 182 valence electrons. The van der Waals surface area contributed by atoms with Gasteiger partial charge in [-0.05, 0) is 41.3 Å². The number of amidine groups is 1. The molecule has 0 spiro atoms. The number of rotatable bonds is 8. The summed E-state index contributed by atoms with van der Waals surface area (Å²) in [4.78, 5) is 28.1. The molecular formula is C27H29F2N4O2+. The third-order valence-electron chi connectivity index (χ3n) is 6.52. The lowest BCUT2D eigenvalue weighted by Crippen LogP contribution is -2.44. The Morgan fingerprint density at radius 3 is 2.60 bits per heavy atom. The van der Waals surface area contributed by atoms with E-state index in [1.165, 1.54) is 19.3 Å². The minimum absolute atomic E-state index is 0.101. The van der Waals surface area contributed by atoms with Gasteiger partial charge in [-0.2, -0.15) is 4.99 Å². The molecule has 0 radical (unpaired) electrons. The molecule has 2 aromatic carbocycles. The molecule has 2 aromatic rings. The van der Waals surface area contributed by atoms with Crippen molar-refractivity contribution in [3.8, 4) is 11.1 Å². The standard InChI is InChI=1S/C27H28F2N4O2/c1-4-6-11-25-30-17-31-33(25,3)23-13-12-19(14-21(23)27(28,29)5-2)20-10-8-7-9-18(20)15-22-24(34)16-26(35)32-22/h7-10,12-15,17H,4-6,11,16H2,1-3H3/p+1/b22-15-. The van der Waals surface area contributed by atoms with Crippen LogP contribution in [0.5, 0.6) is 0 Å². The van der Waals surface area contributed by atoms with E-state index in [0.29, 0.717) is 28.8 Å². The van der Waals surface area contributed by atoms with Gasteiger partial charge < -0.3 is 5.32 Å². The lowest BCUT2D eigenvalue weighted by molar-refractivity contribution is -0.121. The number of hydrogen-bond acceptors (Lipinski definition) is 4. The van der Waals surface area contributed by atoms with Crippen LogP contribution in [0.1, 0.15) is 57.1 Å². The highest BCUT2D eigenvalue weighted by Gasteiger charge is 2.44. The Kier molecular flexibility index (Phi) is 6.76. The van der Waals surface area contributed by atoms with Crippen LogP contribution in [0.15, 0.2) is 58.3 Å². The molecule has 6 nitrogen and oxygen atoms in total. The van der Waals surface area contributed by atoms with Crippen LogP contribution in [0.4, 0.5) is 14.5 Å². The van der Waals surface area contributed by atoms with Gasteiger partial charge in [0.05, 0.1) is 17.7 Å². The van der Waals surface area contributed by atoms with Crippen molar-refractivity contribution in [2.45, 2.75) is 51.9 Å². The fourth-order valence-electron chi connectivity index (χ4n) is 4.42. The zero-order valence-corrected chi connectivity index (χ0v) is 20.1. The molecule has 2 aliphatic rings. The average molecular weight is 480 g/mol. The Labute approximate surface area is 203 Å². The number of Topliss-reactive ketones (excluding diaryl/α,β-unsaturated/α-hetero) is 1. The second-order valence-corrected chi connectivity index (χ2v) is 8.92. The maximum atomic E-state index is 15.4. The van der Waals surface area contributed by atoms with E-state index < -0.39 is 5.92 Å². The van der Waals surface area contributed by atoms with E-state index in [0.717, 1.165) is 18.7 Å². The van der Waals surface area contributed by atoms with Crippen LogP contribution in [0.3, 0.4) is 0 Å². The maximum Gasteiger partial charge on any atom is 0.278 e. The van der Waals surface area contributed by atoms with Crippen LogP contribution in [0, 0.1) is 0 Å². The molecular weight excluding hydrogens is 450 g/mol. The highest BCUT2D eigenvalue weighted by molar-refractivity contribution is 6.17. The number of nitrogens with one attached hydrogen (secondary N) is 1. The predicted molar refractivity (Wildman–Crippen MR) is 135 cm³/mol. The quantitative estimate of drug-likeness (QED) is 0.297. The van der Waals surface area contributed by atoms with Gasteiger partial charge in [0.2, 0.25) is 11.7 Å². The second-order valence-electron chi connectivity index (χ2n) is 8.92. The van der Waals surface area contributed by atoms with Gasteiger partial charge in [0.1, 0.15) is 7.05 Å². The first kappa shape index (κ1) is 24.6. The topological polar surface area (TPSA) is 70.9 Å². The van der Waals surface area contributed by atoms with Gasteiger partial charge in [0.15, 0.2) is 17.8 Å². The van der Waals surface area contributed by atoms with Crippen LogP contribution in [-0.2, 0) is 15.5 Å². The molecule has 35 heavy (non-hydrogen) atoms. The van der Waals surface area contributed by atoms with Gasteiger partial charge in [0.25, 0.3) is 5.92 Å². The molecule has 2 aliphatic heterocycles. The Morgan fingerprint density at radius 2 is 1.91 bits per heavy atom. The first-order chi connectivity index (χ1) is 16.7. The van der Waals surface area contributed by atoms with E-state index >= 15 is 8.78 Å². The average Bonchev–Trinajstić information content (AvgIpc) is 3.38. The summed E-state index contributed by atoms with van der Waals surface area (Å²) in [7, 11) is 1.79. The SMILES string of the molecule is CCCCC1=NC=N[N+]1(C)c1ccc(-c2ccccc2/C=C2\NC(=O)CC2=O)cc1C(F)(F)CC. The first-order valence-electron chi connectivity index (χ1n) is 11.8. The van der Waals surface area contributed by atoms with E-state index in [-0.39, 0.29) is 40.4 Å². The Morgan fingerprint density at radius 1 is 1.14 bits per heavy atom. The highest BCUT2D eigenvalue weighted by Crippen LogP contribution is 2.44. The number of aliphatic imine (C=N–C) groups is 1. The maximum absolute atomic E-state index is 15.4. The lowest BCUT2D eigenvalue weighted by Gasteiger charge is -2.29. The number of nitrogens with zero attached hydrogens (tertiary/aromatic N) is 3. The Hall–Kier alpha value is -3.52. The molecule has 1 N–H and O–H groups in total. The normalized spacial score (nSPS) is 21.1. The molecule has 4 rings (SSSR count). The number of hydrogen-bond donors (Lipinski definition) is 1. The van der Waals surface area contributed by atoms with E-state index in [4.69, 9.17) is 0 Å². The van der Waals surface area contributed by atoms with Gasteiger partial charge in [-0.25, -0.2) is 8.78 Å². The van der Waals surface area contributed by atoms with Gasteiger partial charge in [-0.1, -0.05) is 49.6 Å². The van der Waals surface area contributed by atoms with Crippen LogP contribution in [0.25, 0.3) is 17.2 Å². The van der Waals surface area contributed by atoms with Gasteiger partial charge in [-0.3, -0.25) is 9.59 Å². The number of carbonyl (C=O) groups is 2. The molecule has 1 saturated heterocycles. The summed E-state index contributed by atoms with van der Waals surface area (Å²) in [5.41, 5.74) is 2.42. The van der Waals surface area contributed by atoms with Gasteiger partial charge >= 0.3 is 0 Å². The number of halogens is 2. The summed E-state index contributed by atoms with van der Waals surface area (Å²) < 4.78 is 30.6. The Bertz CT molecular complexity index is 1270. The zero-order chi connectivity index (χ0) is 25.2. The van der Waals surface area contributed by atoms with E-state index in [1.54, 1.807) is 37.4 Å². The molecule has 0 aromatic heterocycles. The summed E-state index contributed by atoms with van der Waals surface area (Å²) in [6.07, 6.45) is 5.02. The number of amides is 1. The van der Waals surface area contributed by atoms with Crippen LogP contribution >= 0.6 is 0 Å². The number of unbranched alkanes of at least 4 members (excludes halogenated alkanes) is 1. The monoisotopic (exact) mass is 479 g/mol. The highest BCUT2D eigenvalue weighted by atomic mass is 19.3. The summed E-state index contributed by atoms with van der Waals surface area (Å²) in [5, 5.41) is 7.04. The molecule has 1 amide bonds. The van der Waals surface area contributed by atoms with E-state index in [9.17, 15) is 9.59 Å². The molecule has 0 bridgehead atoms. The molecule has 2 heterocycles. The summed E-state index contributed by atoms with van der Waals surface area (Å²) in [5.74, 6) is -2.99. The summed E-state index contributed by atoms with van der Waals surface area (Å²) in [6.45, 7) is 3.53. The van der Waals surface area contributed by atoms with Crippen molar-refractivity contribution in [2.75, 3.05) is 7.05 Å². The molecule has 1 unspecified atom stereocenters. The molecule has 0 aliphatic carbocycles. The molecule has 1 atom stereocenters. The smallest absolute Gasteiger partial charge is 0.278 e. The fraction of sp³-hybridized carbons (Fsp3) is 0.333. The number of alkyl halides is 2. The number of carbonyl (C=O) groups excluding carboxylic acids is 2. The Balaban J connectivity index is 1.83. The van der Waals surface area contributed by atoms with Gasteiger partial charge in [0, 0.05) is 18.9 Å². The number of ketones is 1. The summed E-state index contributed by atoms with van der Waals surface area (Å²) in [6, 6.07) is 12.2. The molecule has 8 heteroatoms. The minimum Gasteiger partial charge on any atom is -0.323 e. The second kappa shape index (κ2) is 9.62. The van der Waals surface area contributed by atoms with Crippen molar-refractivity contribution in [2.24, 2.45) is 10.1 Å². The largest absolute Gasteiger partial charge is 0.323 e. The van der Waals surface area contributed by atoms with Crippen LogP contribution < -0.4 is 9.91 Å². The first-order valence-corrected chi connectivity index (χ1v) is 11.8. The van der Waals surface area contributed by atoms with Crippen LogP contribution in [0.2, 0.25) is 0 Å². The minimum atomic E-state index is -3.08. The third kappa shape index (κ3) is 4.71. The molecule has 0 saturated carbocycles. The zero-order valence-electron chi connectivity index (χ0n) is 20.1. The lowest BCUT2D eigenvalue weighted by atomic mass is 9.93. The van der Waals surface area contributed by atoms with Crippen LogP contribution in [-0.4, -0.2) is 30.9 Å². The number of benzene rings is 2. The van der Waals surface area contributed by atoms with Crippen molar-refractivity contribution in [1.82, 2.24) is 9.91 Å². The van der Waals surface area contributed by atoms with E-state index in [1.807, 2.05) is 12.1 Å². The van der Waals surface area contributed by atoms with Crippen molar-refractivity contribution < 1.29 is 18.4 Å². The third-order valence-corrected chi connectivity index (χ3v) is 6.52. The van der Waals surface area contributed by atoms with Crippen molar-refractivity contribution in [3.63, 3.8) is 0 Å². The molecule has 1 fully saturated rings. The van der Waals surface area contributed by atoms with Gasteiger partial charge in [-0.15, -0.1) is 4.59 Å².